The van der Waals surface area contributed by atoms with Gasteiger partial charge in [0.25, 0.3) is 0 Å². The molecule has 1 aromatic carbocycles. The topological polar surface area (TPSA) is 109 Å². The molecule has 2 rings (SSSR count). The summed E-state index contributed by atoms with van der Waals surface area (Å²) in [4.78, 5) is 36.6. The normalized spacial score (nSPS) is 11.0. The molecule has 0 atom stereocenters. The highest BCUT2D eigenvalue weighted by Gasteiger charge is 2.18. The molecule has 21 heavy (non-hydrogen) atoms. The molecule has 0 radical (unpaired) electrons. The van der Waals surface area contributed by atoms with Crippen LogP contribution in [0.25, 0.3) is 12.2 Å². The zero-order valence-electron chi connectivity index (χ0n) is 10.2. The number of nitro groups is 1. The van der Waals surface area contributed by atoms with Gasteiger partial charge in [-0.15, -0.1) is 0 Å². The van der Waals surface area contributed by atoms with Crippen LogP contribution >= 0.6 is 23.2 Å². The molecular formula is C12H7Cl2N3O4. The van der Waals surface area contributed by atoms with Crippen molar-refractivity contribution in [3.05, 3.63) is 70.5 Å². The van der Waals surface area contributed by atoms with Crippen LogP contribution in [0.15, 0.2) is 27.8 Å². The van der Waals surface area contributed by atoms with Gasteiger partial charge in [-0.2, -0.15) is 0 Å². The van der Waals surface area contributed by atoms with Gasteiger partial charge in [0.2, 0.25) is 0 Å². The molecule has 1 aromatic heterocycles. The fourth-order valence-electron chi connectivity index (χ4n) is 1.64. The van der Waals surface area contributed by atoms with Crippen molar-refractivity contribution in [3.63, 3.8) is 0 Å². The summed E-state index contributed by atoms with van der Waals surface area (Å²) >= 11 is 11.9. The highest BCUT2D eigenvalue weighted by atomic mass is 35.5. The standard InChI is InChI=1S/C12H7Cl2N3O4/c13-7-2-1-3-8(14)6(7)4-5-9-10(17(20)21)11(18)16-12(19)15-9/h1-5H,(H2,15,16,18,19)/b5-4-. The molecule has 108 valence electrons. The molecule has 0 aliphatic carbocycles. The van der Waals surface area contributed by atoms with E-state index in [0.29, 0.717) is 15.6 Å². The lowest BCUT2D eigenvalue weighted by Gasteiger charge is -2.01. The number of rotatable bonds is 3. The van der Waals surface area contributed by atoms with Crippen molar-refractivity contribution in [2.45, 2.75) is 0 Å². The fraction of sp³-hybridized carbons (Fsp3) is 0. The van der Waals surface area contributed by atoms with Gasteiger partial charge in [0, 0.05) is 15.6 Å². The lowest BCUT2D eigenvalue weighted by atomic mass is 10.2. The number of hydrogen-bond acceptors (Lipinski definition) is 4. The van der Waals surface area contributed by atoms with Crippen molar-refractivity contribution in [1.82, 2.24) is 9.97 Å². The second-order valence-electron chi connectivity index (χ2n) is 3.90. The van der Waals surface area contributed by atoms with E-state index >= 15 is 0 Å². The molecule has 0 bridgehead atoms. The van der Waals surface area contributed by atoms with E-state index in [1.807, 2.05) is 0 Å². The molecule has 0 aliphatic heterocycles. The summed E-state index contributed by atoms with van der Waals surface area (Å²) in [6.45, 7) is 0. The maximum Gasteiger partial charge on any atom is 0.357 e. The van der Waals surface area contributed by atoms with Crippen LogP contribution in [0.5, 0.6) is 0 Å². The average molecular weight is 328 g/mol. The number of hydrogen-bond donors (Lipinski definition) is 2. The maximum absolute atomic E-state index is 11.4. The fourth-order valence-corrected chi connectivity index (χ4v) is 2.16. The first-order valence-electron chi connectivity index (χ1n) is 5.53. The van der Waals surface area contributed by atoms with Crippen LogP contribution in [0.1, 0.15) is 11.3 Å². The highest BCUT2D eigenvalue weighted by molar-refractivity contribution is 6.37. The Hall–Kier alpha value is -2.38. The zero-order chi connectivity index (χ0) is 15.6. The Morgan fingerprint density at radius 2 is 1.71 bits per heavy atom. The molecule has 0 saturated carbocycles. The van der Waals surface area contributed by atoms with Crippen molar-refractivity contribution in [2.24, 2.45) is 0 Å². The van der Waals surface area contributed by atoms with E-state index in [4.69, 9.17) is 23.2 Å². The Balaban J connectivity index is 2.59. The molecule has 0 aliphatic rings. The van der Waals surface area contributed by atoms with E-state index < -0.39 is 21.9 Å². The summed E-state index contributed by atoms with van der Waals surface area (Å²) < 4.78 is 0. The monoisotopic (exact) mass is 327 g/mol. The minimum absolute atomic E-state index is 0.246. The van der Waals surface area contributed by atoms with Crippen molar-refractivity contribution < 1.29 is 4.92 Å². The van der Waals surface area contributed by atoms with E-state index in [0.717, 1.165) is 0 Å². The molecule has 2 N–H and O–H groups in total. The quantitative estimate of drug-likeness (QED) is 0.666. The summed E-state index contributed by atoms with van der Waals surface area (Å²) in [6, 6.07) is 4.81. The Kier molecular flexibility index (Phi) is 4.25. The lowest BCUT2D eigenvalue weighted by molar-refractivity contribution is -0.386. The zero-order valence-corrected chi connectivity index (χ0v) is 11.7. The highest BCUT2D eigenvalue weighted by Crippen LogP contribution is 2.26. The lowest BCUT2D eigenvalue weighted by Crippen LogP contribution is -2.25. The number of aromatic amines is 2. The maximum atomic E-state index is 11.4. The first kappa shape index (κ1) is 15.0. The Morgan fingerprint density at radius 3 is 2.29 bits per heavy atom. The molecule has 7 nitrogen and oxygen atoms in total. The van der Waals surface area contributed by atoms with Crippen LogP contribution < -0.4 is 11.2 Å². The second kappa shape index (κ2) is 5.94. The Bertz CT molecular complexity index is 834. The first-order valence-corrected chi connectivity index (χ1v) is 6.29. The molecular weight excluding hydrogens is 321 g/mol. The predicted octanol–water partition coefficient (Wildman–Crippen LogP) is 2.45. The van der Waals surface area contributed by atoms with E-state index in [1.165, 1.54) is 12.2 Å². The van der Waals surface area contributed by atoms with E-state index in [9.17, 15) is 19.7 Å². The smallest absolute Gasteiger partial charge is 0.301 e. The molecule has 0 spiro atoms. The summed E-state index contributed by atoms with van der Waals surface area (Å²) in [5, 5.41) is 11.5. The number of aromatic nitrogens is 2. The Morgan fingerprint density at radius 1 is 1.10 bits per heavy atom. The number of H-pyrrole nitrogens is 2. The van der Waals surface area contributed by atoms with Crippen molar-refractivity contribution in [2.75, 3.05) is 0 Å². The summed E-state index contributed by atoms with van der Waals surface area (Å²) in [5.74, 6) is 0. The minimum Gasteiger partial charge on any atom is -0.301 e. The number of nitrogens with zero attached hydrogens (tertiary/aromatic N) is 1. The van der Waals surface area contributed by atoms with Crippen LogP contribution in [0.3, 0.4) is 0 Å². The van der Waals surface area contributed by atoms with E-state index in [1.54, 1.807) is 23.2 Å². The van der Waals surface area contributed by atoms with Crippen molar-refractivity contribution in [1.29, 1.82) is 0 Å². The van der Waals surface area contributed by atoms with Gasteiger partial charge < -0.3 is 4.98 Å². The van der Waals surface area contributed by atoms with E-state index in [-0.39, 0.29) is 5.69 Å². The SMILES string of the molecule is O=c1[nH]c(/C=C\c2c(Cl)cccc2Cl)c([N+](=O)[O-])c(=O)[nH]1. The number of nitrogens with one attached hydrogen (secondary N) is 2. The molecule has 0 unspecified atom stereocenters. The Labute approximate surface area is 127 Å². The molecule has 2 aromatic rings. The third-order valence-corrected chi connectivity index (χ3v) is 3.20. The van der Waals surface area contributed by atoms with Crippen LogP contribution in [-0.2, 0) is 0 Å². The number of benzene rings is 1. The predicted molar refractivity (Wildman–Crippen MR) is 79.7 cm³/mol. The van der Waals surface area contributed by atoms with Gasteiger partial charge in [-0.3, -0.25) is 19.9 Å². The molecule has 0 fully saturated rings. The van der Waals surface area contributed by atoms with Gasteiger partial charge in [-0.05, 0) is 24.3 Å². The van der Waals surface area contributed by atoms with Crippen LogP contribution in [0.4, 0.5) is 5.69 Å². The molecule has 0 saturated heterocycles. The van der Waals surface area contributed by atoms with Gasteiger partial charge in [0.1, 0.15) is 5.69 Å². The van der Waals surface area contributed by atoms with Gasteiger partial charge in [-0.25, -0.2) is 4.79 Å². The van der Waals surface area contributed by atoms with Crippen LogP contribution in [0, 0.1) is 10.1 Å². The van der Waals surface area contributed by atoms with E-state index in [2.05, 4.69) is 4.98 Å². The van der Waals surface area contributed by atoms with Crippen LogP contribution in [0.2, 0.25) is 10.0 Å². The van der Waals surface area contributed by atoms with Gasteiger partial charge in [0.05, 0.1) is 4.92 Å². The molecule has 9 heteroatoms. The second-order valence-corrected chi connectivity index (χ2v) is 4.71. The third-order valence-electron chi connectivity index (χ3n) is 2.54. The molecule has 1 heterocycles. The van der Waals surface area contributed by atoms with Gasteiger partial charge >= 0.3 is 16.9 Å². The summed E-state index contributed by atoms with van der Waals surface area (Å²) in [6.07, 6.45) is 2.57. The van der Waals surface area contributed by atoms with Crippen LogP contribution in [-0.4, -0.2) is 14.9 Å². The number of halogens is 2. The van der Waals surface area contributed by atoms with Gasteiger partial charge in [-0.1, -0.05) is 29.3 Å². The minimum atomic E-state index is -1.09. The van der Waals surface area contributed by atoms with Gasteiger partial charge in [0.15, 0.2) is 0 Å². The van der Waals surface area contributed by atoms with Crippen molar-refractivity contribution >= 4 is 41.0 Å². The summed E-state index contributed by atoms with van der Waals surface area (Å²) in [7, 11) is 0. The van der Waals surface area contributed by atoms with Crippen molar-refractivity contribution in [3.8, 4) is 0 Å². The summed E-state index contributed by atoms with van der Waals surface area (Å²) in [5.41, 5.74) is -2.54. The first-order chi connectivity index (χ1) is 9.90. The average Bonchev–Trinajstić information content (AvgIpc) is 2.36. The molecule has 0 amide bonds. The largest absolute Gasteiger partial charge is 0.357 e. The third kappa shape index (κ3) is 3.21.